The molecule has 1 atom stereocenters. The van der Waals surface area contributed by atoms with Gasteiger partial charge in [-0.3, -0.25) is 4.90 Å². The first kappa shape index (κ1) is 10.9. The van der Waals surface area contributed by atoms with Crippen LogP contribution in [0.3, 0.4) is 0 Å². The number of carboxylic acids is 1. The molecule has 0 amide bonds. The molecular weight excluding hydrogens is 156 g/mol. The molecule has 0 rings (SSSR count). The Morgan fingerprint density at radius 2 is 1.92 bits per heavy atom. The average molecular weight is 170 g/mol. The van der Waals surface area contributed by atoms with E-state index in [0.29, 0.717) is 13.1 Å². The summed E-state index contributed by atoms with van der Waals surface area (Å²) in [4.78, 5) is 12.0. The van der Waals surface area contributed by atoms with Gasteiger partial charge in [-0.1, -0.05) is 12.2 Å². The van der Waals surface area contributed by atoms with Crippen LogP contribution in [0.2, 0.25) is 0 Å². The second-order valence-corrected chi connectivity index (χ2v) is 2.31. The van der Waals surface area contributed by atoms with Gasteiger partial charge < -0.3 is 10.8 Å². The molecule has 0 radical (unpaired) electrons. The van der Waals surface area contributed by atoms with Crippen LogP contribution in [0.25, 0.3) is 0 Å². The lowest BCUT2D eigenvalue weighted by Crippen LogP contribution is -2.47. The van der Waals surface area contributed by atoms with E-state index < -0.39 is 12.1 Å². The molecule has 0 aromatic heterocycles. The van der Waals surface area contributed by atoms with Crippen molar-refractivity contribution >= 4 is 5.97 Å². The molecule has 12 heavy (non-hydrogen) atoms. The number of nitrogens with zero attached hydrogens (tertiary/aromatic N) is 1. The van der Waals surface area contributed by atoms with E-state index in [1.54, 1.807) is 17.1 Å². The van der Waals surface area contributed by atoms with E-state index in [9.17, 15) is 4.79 Å². The normalized spacial score (nSPS) is 12.5. The summed E-state index contributed by atoms with van der Waals surface area (Å²) in [5, 5.41) is 8.57. The highest BCUT2D eigenvalue weighted by molar-refractivity contribution is 5.72. The molecule has 1 unspecified atom stereocenters. The first-order chi connectivity index (χ1) is 5.63. The summed E-state index contributed by atoms with van der Waals surface area (Å²) in [5.74, 6) is -1.04. The summed E-state index contributed by atoms with van der Waals surface area (Å²) < 4.78 is 0. The summed E-state index contributed by atoms with van der Waals surface area (Å²) in [7, 11) is 0. The van der Waals surface area contributed by atoms with Crippen LogP contribution in [-0.4, -0.2) is 35.2 Å². The van der Waals surface area contributed by atoms with Crippen LogP contribution in [-0.2, 0) is 4.79 Å². The molecule has 0 aliphatic heterocycles. The summed E-state index contributed by atoms with van der Waals surface area (Å²) in [6.45, 7) is 7.89. The molecule has 4 nitrogen and oxygen atoms in total. The molecule has 0 spiro atoms. The molecule has 0 aromatic carbocycles. The number of rotatable bonds is 6. The average Bonchev–Trinajstić information content (AvgIpc) is 2.03. The Morgan fingerprint density at radius 3 is 2.17 bits per heavy atom. The molecule has 0 bridgehead atoms. The Morgan fingerprint density at radius 1 is 1.50 bits per heavy atom. The zero-order valence-electron chi connectivity index (χ0n) is 6.94. The van der Waals surface area contributed by atoms with Gasteiger partial charge in [0.2, 0.25) is 0 Å². The van der Waals surface area contributed by atoms with Crippen LogP contribution in [0, 0.1) is 0 Å². The minimum absolute atomic E-state index is 0.444. The van der Waals surface area contributed by atoms with Gasteiger partial charge in [-0.15, -0.1) is 13.2 Å². The molecule has 0 heterocycles. The van der Waals surface area contributed by atoms with Gasteiger partial charge in [-0.2, -0.15) is 0 Å². The lowest BCUT2D eigenvalue weighted by Gasteiger charge is -2.22. The first-order valence-electron chi connectivity index (χ1n) is 3.57. The standard InChI is InChI=1S/C8H14N2O2/c1-3-5-10(6-4-2)7(9)8(11)12/h3-4,7H,1-2,5-6,9H2,(H,11,12). The van der Waals surface area contributed by atoms with Crippen molar-refractivity contribution in [2.45, 2.75) is 6.17 Å². The molecule has 0 fully saturated rings. The van der Waals surface area contributed by atoms with Gasteiger partial charge in [-0.05, 0) is 0 Å². The largest absolute Gasteiger partial charge is 0.479 e. The zero-order valence-corrected chi connectivity index (χ0v) is 6.94. The van der Waals surface area contributed by atoms with E-state index in [-0.39, 0.29) is 0 Å². The summed E-state index contributed by atoms with van der Waals surface area (Å²) in [6.07, 6.45) is 2.22. The predicted molar refractivity (Wildman–Crippen MR) is 47.6 cm³/mol. The van der Waals surface area contributed by atoms with E-state index in [1.807, 2.05) is 0 Å². The van der Waals surface area contributed by atoms with E-state index >= 15 is 0 Å². The molecule has 0 aromatic rings. The molecule has 0 saturated carbocycles. The van der Waals surface area contributed by atoms with Crippen LogP contribution in [0.15, 0.2) is 25.3 Å². The number of carbonyl (C=O) groups is 1. The minimum atomic E-state index is -1.04. The third-order valence-corrected chi connectivity index (χ3v) is 1.37. The Labute approximate surface area is 72.0 Å². The number of hydrogen-bond donors (Lipinski definition) is 2. The Hall–Kier alpha value is -1.13. The van der Waals surface area contributed by atoms with E-state index in [4.69, 9.17) is 10.8 Å². The van der Waals surface area contributed by atoms with Gasteiger partial charge in [0.15, 0.2) is 6.17 Å². The number of nitrogens with two attached hydrogens (primary N) is 1. The Kier molecular flexibility index (Phi) is 4.99. The van der Waals surface area contributed by atoms with Crippen LogP contribution < -0.4 is 5.73 Å². The van der Waals surface area contributed by atoms with Gasteiger partial charge in [0.1, 0.15) is 0 Å². The third-order valence-electron chi connectivity index (χ3n) is 1.37. The van der Waals surface area contributed by atoms with Gasteiger partial charge in [0.05, 0.1) is 0 Å². The fraction of sp³-hybridized carbons (Fsp3) is 0.375. The van der Waals surface area contributed by atoms with Crippen molar-refractivity contribution in [2.75, 3.05) is 13.1 Å². The molecule has 3 N–H and O–H groups in total. The van der Waals surface area contributed by atoms with Crippen LogP contribution in [0.1, 0.15) is 0 Å². The molecule has 0 aliphatic rings. The van der Waals surface area contributed by atoms with Gasteiger partial charge in [-0.25, -0.2) is 4.79 Å². The van der Waals surface area contributed by atoms with Gasteiger partial charge >= 0.3 is 5.97 Å². The molecule has 68 valence electrons. The molecule has 4 heteroatoms. The van der Waals surface area contributed by atoms with E-state index in [1.165, 1.54) is 0 Å². The van der Waals surface area contributed by atoms with Crippen molar-refractivity contribution in [1.29, 1.82) is 0 Å². The highest BCUT2D eigenvalue weighted by atomic mass is 16.4. The highest BCUT2D eigenvalue weighted by Gasteiger charge is 2.18. The number of aliphatic carboxylic acids is 1. The van der Waals surface area contributed by atoms with E-state index in [2.05, 4.69) is 13.2 Å². The lowest BCUT2D eigenvalue weighted by atomic mass is 10.4. The van der Waals surface area contributed by atoms with Crippen molar-refractivity contribution in [3.8, 4) is 0 Å². The summed E-state index contributed by atoms with van der Waals surface area (Å²) >= 11 is 0. The Bertz CT molecular complexity index is 170. The zero-order chi connectivity index (χ0) is 9.56. The van der Waals surface area contributed by atoms with Crippen molar-refractivity contribution < 1.29 is 9.90 Å². The number of hydrogen-bond acceptors (Lipinski definition) is 3. The topological polar surface area (TPSA) is 66.6 Å². The van der Waals surface area contributed by atoms with Gasteiger partial charge in [0, 0.05) is 13.1 Å². The SMILES string of the molecule is C=CCN(CC=C)C(N)C(=O)O. The van der Waals surface area contributed by atoms with Crippen molar-refractivity contribution in [2.24, 2.45) is 5.73 Å². The van der Waals surface area contributed by atoms with Crippen LogP contribution in [0.4, 0.5) is 0 Å². The van der Waals surface area contributed by atoms with Crippen LogP contribution >= 0.6 is 0 Å². The van der Waals surface area contributed by atoms with Crippen molar-refractivity contribution in [3.63, 3.8) is 0 Å². The smallest absolute Gasteiger partial charge is 0.335 e. The van der Waals surface area contributed by atoms with Gasteiger partial charge in [0.25, 0.3) is 0 Å². The summed E-state index contributed by atoms with van der Waals surface area (Å²) in [5.41, 5.74) is 5.36. The maximum absolute atomic E-state index is 10.5. The number of carboxylic acid groups (broad SMARTS) is 1. The highest BCUT2D eigenvalue weighted by Crippen LogP contribution is 1.94. The fourth-order valence-electron chi connectivity index (χ4n) is 0.789. The fourth-order valence-corrected chi connectivity index (χ4v) is 0.789. The Balaban J connectivity index is 4.16. The van der Waals surface area contributed by atoms with E-state index in [0.717, 1.165) is 0 Å². The minimum Gasteiger partial charge on any atom is -0.479 e. The molecular formula is C8H14N2O2. The lowest BCUT2D eigenvalue weighted by molar-refractivity contribution is -0.142. The third kappa shape index (κ3) is 3.32. The molecule has 0 aliphatic carbocycles. The quantitative estimate of drug-likeness (QED) is 0.436. The first-order valence-corrected chi connectivity index (χ1v) is 3.57. The second-order valence-electron chi connectivity index (χ2n) is 2.31. The second kappa shape index (κ2) is 5.51. The monoisotopic (exact) mass is 170 g/mol. The maximum atomic E-state index is 10.5. The van der Waals surface area contributed by atoms with Crippen molar-refractivity contribution in [3.05, 3.63) is 25.3 Å². The molecule has 0 saturated heterocycles. The summed E-state index contributed by atoms with van der Waals surface area (Å²) in [6, 6.07) is 0. The van der Waals surface area contributed by atoms with Crippen molar-refractivity contribution in [1.82, 2.24) is 4.90 Å². The predicted octanol–water partition coefficient (Wildman–Crippen LogP) is 0.0298. The van der Waals surface area contributed by atoms with Crippen LogP contribution in [0.5, 0.6) is 0 Å². The maximum Gasteiger partial charge on any atom is 0.335 e.